The number of nitrogen functional groups attached to an aromatic ring is 1. The first kappa shape index (κ1) is 18.7. The number of nitrogens with zero attached hydrogens (tertiary/aromatic N) is 4. The average Bonchev–Trinajstić information content (AvgIpc) is 2.80. The molecule has 1 saturated heterocycles. The van der Waals surface area contributed by atoms with Crippen LogP contribution in [0.3, 0.4) is 0 Å². The zero-order chi connectivity index (χ0) is 20.6. The average molecular weight is 401 g/mol. The highest BCUT2D eigenvalue weighted by atomic mass is 16.5. The Bertz CT molecular complexity index is 1060. The quantitative estimate of drug-likeness (QED) is 0.710. The van der Waals surface area contributed by atoms with Crippen LogP contribution in [-0.2, 0) is 16.8 Å². The third-order valence-electron chi connectivity index (χ3n) is 5.97. The molecule has 2 aromatic heterocycles. The Labute approximate surface area is 174 Å². The number of carbonyl (C=O) groups is 1. The normalized spacial score (nSPS) is 17.5. The van der Waals surface area contributed by atoms with Crippen LogP contribution in [0.15, 0.2) is 54.9 Å². The second-order valence-electron chi connectivity index (χ2n) is 7.79. The maximum absolute atomic E-state index is 12.8. The molecular weight excluding hydrogens is 378 g/mol. The molecule has 2 aliphatic rings. The monoisotopic (exact) mass is 401 g/mol. The minimum absolute atomic E-state index is 0.0268. The molecule has 2 aliphatic heterocycles. The lowest BCUT2D eigenvalue weighted by Gasteiger charge is -2.44. The smallest absolute Gasteiger partial charge is 0.255 e. The van der Waals surface area contributed by atoms with E-state index in [0.29, 0.717) is 49.7 Å². The van der Waals surface area contributed by atoms with Gasteiger partial charge in [-0.1, -0.05) is 30.3 Å². The van der Waals surface area contributed by atoms with Crippen molar-refractivity contribution in [3.8, 4) is 11.4 Å². The lowest BCUT2D eigenvalue weighted by atomic mass is 9.83. The molecule has 0 unspecified atom stereocenters. The molecular formula is C23H23N5O2. The summed E-state index contributed by atoms with van der Waals surface area (Å²) in [6.45, 7) is 1.86. The number of amides is 1. The molecule has 1 spiro atoms. The number of fused-ring (bicyclic) bond motifs is 2. The van der Waals surface area contributed by atoms with Crippen LogP contribution in [0, 0.1) is 0 Å². The number of ether oxygens (including phenoxy) is 1. The summed E-state index contributed by atoms with van der Waals surface area (Å²) in [6.07, 6.45) is 5.70. The molecule has 3 aromatic rings. The third kappa shape index (κ3) is 3.31. The Morgan fingerprint density at radius 2 is 1.83 bits per heavy atom. The molecule has 1 fully saturated rings. The molecule has 2 N–H and O–H groups in total. The predicted molar refractivity (Wildman–Crippen MR) is 113 cm³/mol. The first-order chi connectivity index (χ1) is 14.6. The second-order valence-corrected chi connectivity index (χ2v) is 7.79. The number of aromatic nitrogens is 3. The van der Waals surface area contributed by atoms with Gasteiger partial charge in [0.25, 0.3) is 5.91 Å². The van der Waals surface area contributed by atoms with Crippen molar-refractivity contribution in [2.45, 2.75) is 24.9 Å². The van der Waals surface area contributed by atoms with E-state index in [1.54, 1.807) is 12.1 Å². The van der Waals surface area contributed by atoms with E-state index in [4.69, 9.17) is 15.5 Å². The number of anilines is 1. The molecule has 1 aromatic carbocycles. The van der Waals surface area contributed by atoms with Gasteiger partial charge in [-0.25, -0.2) is 15.0 Å². The van der Waals surface area contributed by atoms with E-state index >= 15 is 0 Å². The van der Waals surface area contributed by atoms with Crippen molar-refractivity contribution in [3.05, 3.63) is 71.7 Å². The van der Waals surface area contributed by atoms with Crippen LogP contribution in [0.4, 0.5) is 5.82 Å². The highest BCUT2D eigenvalue weighted by Crippen LogP contribution is 2.41. The van der Waals surface area contributed by atoms with Crippen LogP contribution < -0.4 is 5.73 Å². The van der Waals surface area contributed by atoms with Crippen molar-refractivity contribution in [2.75, 3.05) is 25.4 Å². The van der Waals surface area contributed by atoms with Gasteiger partial charge in [0.05, 0.1) is 17.9 Å². The number of nitrogens with two attached hydrogens (primary N) is 1. The van der Waals surface area contributed by atoms with Crippen LogP contribution in [0.5, 0.6) is 0 Å². The fourth-order valence-electron chi connectivity index (χ4n) is 4.30. The highest BCUT2D eigenvalue weighted by Gasteiger charge is 2.43. The van der Waals surface area contributed by atoms with Gasteiger partial charge < -0.3 is 15.4 Å². The van der Waals surface area contributed by atoms with Gasteiger partial charge in [0.1, 0.15) is 11.4 Å². The minimum atomic E-state index is -0.462. The maximum atomic E-state index is 12.8. The Balaban J connectivity index is 1.39. The zero-order valence-electron chi connectivity index (χ0n) is 16.6. The predicted octanol–water partition coefficient (Wildman–Crippen LogP) is 2.83. The summed E-state index contributed by atoms with van der Waals surface area (Å²) in [5.41, 5.74) is 8.83. The van der Waals surface area contributed by atoms with Gasteiger partial charge in [0, 0.05) is 31.0 Å². The topological polar surface area (TPSA) is 94.2 Å². The number of carbonyl (C=O) groups excluding carboxylic acids is 1. The summed E-state index contributed by atoms with van der Waals surface area (Å²) in [7, 11) is 0. The van der Waals surface area contributed by atoms with E-state index in [-0.39, 0.29) is 5.91 Å². The number of pyridine rings is 1. The molecule has 7 nitrogen and oxygen atoms in total. The largest absolute Gasteiger partial charge is 0.384 e. The molecule has 0 radical (unpaired) electrons. The van der Waals surface area contributed by atoms with E-state index in [9.17, 15) is 4.79 Å². The number of piperidine rings is 1. The van der Waals surface area contributed by atoms with Crippen molar-refractivity contribution in [2.24, 2.45) is 0 Å². The Hall–Kier alpha value is -3.32. The Morgan fingerprint density at radius 1 is 1.03 bits per heavy atom. The van der Waals surface area contributed by atoms with Gasteiger partial charge in [0.15, 0.2) is 5.82 Å². The molecule has 152 valence electrons. The molecule has 0 saturated carbocycles. The highest BCUT2D eigenvalue weighted by molar-refractivity contribution is 5.94. The number of likely N-dealkylation sites (tertiary alicyclic amines) is 1. The first-order valence-electron chi connectivity index (χ1n) is 10.2. The SMILES string of the molecule is Nc1ccc(C(=O)N2CCC3(CC2)OCCc2cnc(-c4ccccc4)nc23)cn1. The van der Waals surface area contributed by atoms with Crippen LogP contribution in [0.2, 0.25) is 0 Å². The van der Waals surface area contributed by atoms with Gasteiger partial charge in [0.2, 0.25) is 0 Å². The standard InChI is InChI=1S/C23H23N5O2/c24-19-7-6-18(15-25-19)22(29)28-11-9-23(10-12-28)20-17(8-13-30-23)14-26-21(27-20)16-4-2-1-3-5-16/h1-7,14-15H,8-13H2,(H2,24,25). The second kappa shape index (κ2) is 7.50. The van der Waals surface area contributed by atoms with E-state index < -0.39 is 5.60 Å². The molecule has 0 aliphatic carbocycles. The lowest BCUT2D eigenvalue weighted by Crippen LogP contribution is -2.49. The molecule has 7 heteroatoms. The zero-order valence-corrected chi connectivity index (χ0v) is 16.6. The summed E-state index contributed by atoms with van der Waals surface area (Å²) in [5, 5.41) is 0. The number of hydrogen-bond acceptors (Lipinski definition) is 6. The van der Waals surface area contributed by atoms with Crippen LogP contribution in [0.1, 0.15) is 34.5 Å². The molecule has 0 bridgehead atoms. The number of benzene rings is 1. The molecule has 30 heavy (non-hydrogen) atoms. The van der Waals surface area contributed by atoms with Gasteiger partial charge in [-0.15, -0.1) is 0 Å². The summed E-state index contributed by atoms with van der Waals surface area (Å²) in [6, 6.07) is 13.4. The van der Waals surface area contributed by atoms with Crippen LogP contribution in [0.25, 0.3) is 11.4 Å². The Morgan fingerprint density at radius 3 is 2.57 bits per heavy atom. The maximum Gasteiger partial charge on any atom is 0.255 e. The summed E-state index contributed by atoms with van der Waals surface area (Å²) in [5.74, 6) is 1.09. The molecule has 4 heterocycles. The van der Waals surface area contributed by atoms with Crippen molar-refractivity contribution in [3.63, 3.8) is 0 Å². The first-order valence-corrected chi connectivity index (χ1v) is 10.2. The molecule has 1 amide bonds. The summed E-state index contributed by atoms with van der Waals surface area (Å²) >= 11 is 0. The number of hydrogen-bond donors (Lipinski definition) is 1. The van der Waals surface area contributed by atoms with E-state index in [2.05, 4.69) is 9.97 Å². The van der Waals surface area contributed by atoms with Crippen molar-refractivity contribution in [1.29, 1.82) is 0 Å². The van der Waals surface area contributed by atoms with Gasteiger partial charge >= 0.3 is 0 Å². The van der Waals surface area contributed by atoms with Crippen molar-refractivity contribution >= 4 is 11.7 Å². The lowest BCUT2D eigenvalue weighted by molar-refractivity contribution is -0.0967. The molecule has 5 rings (SSSR count). The fraction of sp³-hybridized carbons (Fsp3) is 0.304. The molecule has 0 atom stereocenters. The summed E-state index contributed by atoms with van der Waals surface area (Å²) < 4.78 is 6.32. The number of rotatable bonds is 2. The van der Waals surface area contributed by atoms with Crippen LogP contribution in [-0.4, -0.2) is 45.5 Å². The van der Waals surface area contributed by atoms with Crippen LogP contribution >= 0.6 is 0 Å². The van der Waals surface area contributed by atoms with E-state index in [0.717, 1.165) is 23.2 Å². The van der Waals surface area contributed by atoms with E-state index in [1.807, 2.05) is 41.4 Å². The van der Waals surface area contributed by atoms with Crippen molar-refractivity contribution in [1.82, 2.24) is 19.9 Å². The van der Waals surface area contributed by atoms with E-state index in [1.165, 1.54) is 6.20 Å². The fourth-order valence-corrected chi connectivity index (χ4v) is 4.30. The summed E-state index contributed by atoms with van der Waals surface area (Å²) in [4.78, 5) is 28.3. The third-order valence-corrected chi connectivity index (χ3v) is 5.97. The minimum Gasteiger partial charge on any atom is -0.384 e. The van der Waals surface area contributed by atoms with Gasteiger partial charge in [-0.05, 0) is 37.0 Å². The van der Waals surface area contributed by atoms with Gasteiger partial charge in [-0.2, -0.15) is 0 Å². The van der Waals surface area contributed by atoms with Crippen molar-refractivity contribution < 1.29 is 9.53 Å². The van der Waals surface area contributed by atoms with Gasteiger partial charge in [-0.3, -0.25) is 4.79 Å². The Kier molecular flexibility index (Phi) is 4.67.